The number of carbonyl (C=O) groups is 3. The number of aromatic hydroxyl groups is 1. The van der Waals surface area contributed by atoms with Gasteiger partial charge in [0.2, 0.25) is 17.7 Å². The van der Waals surface area contributed by atoms with Gasteiger partial charge < -0.3 is 30.2 Å². The molecular weight excluding hydrogens is 534 g/mol. The summed E-state index contributed by atoms with van der Waals surface area (Å²) in [5, 5.41) is 17.1. The van der Waals surface area contributed by atoms with Gasteiger partial charge in [-0.05, 0) is 45.2 Å². The van der Waals surface area contributed by atoms with Gasteiger partial charge in [0.25, 0.3) is 0 Å². The number of aromatic nitrogens is 4. The fourth-order valence-electron chi connectivity index (χ4n) is 3.70. The topological polar surface area (TPSA) is 181 Å². The molecule has 0 aliphatic rings. The second-order valence-corrected chi connectivity index (χ2v) is 10.0. The summed E-state index contributed by atoms with van der Waals surface area (Å²) < 4.78 is 11.4. The Kier molecular flexibility index (Phi) is 10.4. The predicted molar refractivity (Wildman–Crippen MR) is 149 cm³/mol. The molecule has 0 fully saturated rings. The van der Waals surface area contributed by atoms with Crippen molar-refractivity contribution in [2.45, 2.75) is 58.8 Å². The fourth-order valence-corrected chi connectivity index (χ4v) is 3.70. The van der Waals surface area contributed by atoms with E-state index in [4.69, 9.17) is 9.47 Å². The molecule has 0 bridgehead atoms. The van der Waals surface area contributed by atoms with Gasteiger partial charge >= 0.3 is 17.8 Å². The van der Waals surface area contributed by atoms with Crippen molar-refractivity contribution >= 4 is 23.9 Å². The van der Waals surface area contributed by atoms with Crippen LogP contribution in [0.4, 0.5) is 10.7 Å². The number of esters is 1. The lowest BCUT2D eigenvalue weighted by molar-refractivity contribution is -0.157. The van der Waals surface area contributed by atoms with Gasteiger partial charge in [-0.1, -0.05) is 30.3 Å². The normalized spacial score (nSPS) is 11.8. The molecule has 4 N–H and O–H groups in total. The minimum atomic E-state index is -1.43. The molecule has 220 valence electrons. The molecule has 3 rings (SSSR count). The number of hydrogen-bond acceptors (Lipinski definition) is 10. The molecule has 0 unspecified atom stereocenters. The maximum atomic E-state index is 13.0. The number of carbonyl (C=O) groups excluding carboxylic acids is 3. The first-order chi connectivity index (χ1) is 19.4. The largest absolute Gasteiger partial charge is 0.492 e. The van der Waals surface area contributed by atoms with E-state index in [0.29, 0.717) is 18.9 Å². The molecule has 0 saturated carbocycles. The lowest BCUT2D eigenvalue weighted by Gasteiger charge is -2.28. The average Bonchev–Trinajstić information content (AvgIpc) is 3.20. The van der Waals surface area contributed by atoms with Crippen LogP contribution >= 0.6 is 0 Å². The number of imidazole rings is 1. The number of H-pyrrole nitrogens is 1. The van der Waals surface area contributed by atoms with Crippen LogP contribution in [0, 0.1) is 0 Å². The third-order valence-electron chi connectivity index (χ3n) is 5.53. The van der Waals surface area contributed by atoms with E-state index in [1.807, 2.05) is 6.07 Å². The molecule has 0 saturated heterocycles. The van der Waals surface area contributed by atoms with E-state index >= 15 is 0 Å². The molecule has 1 aromatic carbocycles. The molecule has 0 spiro atoms. The first-order valence-electron chi connectivity index (χ1n) is 13.0. The minimum absolute atomic E-state index is 0.0587. The molecular formula is C27H35N7O7. The third-order valence-corrected chi connectivity index (χ3v) is 5.53. The highest BCUT2D eigenvalue weighted by Crippen LogP contribution is 2.16. The maximum Gasteiger partial charge on any atom is 0.408 e. The van der Waals surface area contributed by atoms with Crippen molar-refractivity contribution in [2.75, 3.05) is 23.4 Å². The summed E-state index contributed by atoms with van der Waals surface area (Å²) in [4.78, 5) is 61.7. The predicted octanol–water partition coefficient (Wildman–Crippen LogP) is 1.84. The van der Waals surface area contributed by atoms with Gasteiger partial charge in [0.1, 0.15) is 18.2 Å². The molecule has 2 aromatic heterocycles. The summed E-state index contributed by atoms with van der Waals surface area (Å²) in [6.45, 7) is 5.95. The Morgan fingerprint density at radius 2 is 1.80 bits per heavy atom. The molecule has 2 amide bonds. The van der Waals surface area contributed by atoms with E-state index in [1.165, 1.54) is 0 Å². The zero-order valence-electron chi connectivity index (χ0n) is 23.4. The van der Waals surface area contributed by atoms with E-state index < -0.39 is 47.7 Å². The first kappa shape index (κ1) is 30.7. The zero-order valence-corrected chi connectivity index (χ0v) is 23.4. The summed E-state index contributed by atoms with van der Waals surface area (Å²) >= 11 is 0. The van der Waals surface area contributed by atoms with Crippen LogP contribution in [0.5, 0.6) is 5.88 Å². The SMILES string of the molecule is CC(=O)N(C[C@H](NC(=O)OCc1ccccc1)C(=O)OC(C)(C)C)n1c(O)c(CCCNc2ncccn2)[nH]c1=O. The number of rotatable bonds is 12. The molecule has 2 heterocycles. The van der Waals surface area contributed by atoms with Gasteiger partial charge in [0, 0.05) is 25.9 Å². The van der Waals surface area contributed by atoms with Crippen molar-refractivity contribution in [3.63, 3.8) is 0 Å². The molecule has 0 aliphatic heterocycles. The summed E-state index contributed by atoms with van der Waals surface area (Å²) in [6.07, 6.45) is 2.99. The Balaban J connectivity index is 1.74. The van der Waals surface area contributed by atoms with E-state index in [0.717, 1.165) is 22.2 Å². The smallest absolute Gasteiger partial charge is 0.408 e. The molecule has 0 radical (unpaired) electrons. The number of nitrogens with one attached hydrogen (secondary N) is 3. The summed E-state index contributed by atoms with van der Waals surface area (Å²) in [7, 11) is 0. The minimum Gasteiger partial charge on any atom is -0.492 e. The standard InChI is InChI=1S/C27H35N7O7/c1-18(35)33(34-22(36)20(31-25(34)38)12-8-13-28-24-29-14-9-15-30-24)16-21(23(37)41-27(2,3)4)32-26(39)40-17-19-10-6-5-7-11-19/h5-7,9-11,14-15,21,36H,8,12-13,16-17H2,1-4H3,(H,31,38)(H,32,39)(H,28,29,30)/t21-/m0/s1. The second-order valence-electron chi connectivity index (χ2n) is 10.0. The molecule has 0 aliphatic carbocycles. The van der Waals surface area contributed by atoms with Crippen LogP contribution < -0.4 is 21.3 Å². The van der Waals surface area contributed by atoms with E-state index in [-0.39, 0.29) is 18.7 Å². The second kappa shape index (κ2) is 14.0. The Labute approximate surface area is 236 Å². The number of aryl methyl sites for hydroxylation is 1. The highest BCUT2D eigenvalue weighted by atomic mass is 16.6. The highest BCUT2D eigenvalue weighted by Gasteiger charge is 2.32. The average molecular weight is 570 g/mol. The number of benzene rings is 1. The van der Waals surface area contributed by atoms with Gasteiger partial charge in [0.05, 0.1) is 12.2 Å². The molecule has 14 heteroatoms. The van der Waals surface area contributed by atoms with E-state index in [2.05, 4.69) is 25.6 Å². The summed E-state index contributed by atoms with van der Waals surface area (Å²) in [5.74, 6) is -1.61. The van der Waals surface area contributed by atoms with Crippen LogP contribution in [0.1, 0.15) is 45.4 Å². The van der Waals surface area contributed by atoms with Crippen LogP contribution in [-0.2, 0) is 32.1 Å². The van der Waals surface area contributed by atoms with Crippen LogP contribution in [0.3, 0.4) is 0 Å². The van der Waals surface area contributed by atoms with Crippen molar-refractivity contribution in [2.24, 2.45) is 0 Å². The van der Waals surface area contributed by atoms with Gasteiger partial charge in [-0.2, -0.15) is 4.68 Å². The van der Waals surface area contributed by atoms with Gasteiger partial charge in [0.15, 0.2) is 0 Å². The Bertz CT molecular complexity index is 1370. The van der Waals surface area contributed by atoms with Crippen LogP contribution in [0.2, 0.25) is 0 Å². The molecule has 14 nitrogen and oxygen atoms in total. The molecule has 41 heavy (non-hydrogen) atoms. The Morgan fingerprint density at radius 1 is 1.12 bits per heavy atom. The lowest BCUT2D eigenvalue weighted by atomic mass is 10.2. The quantitative estimate of drug-likeness (QED) is 0.186. The van der Waals surface area contributed by atoms with Crippen molar-refractivity contribution < 1.29 is 29.0 Å². The number of alkyl carbamates (subject to hydrolysis) is 1. The number of anilines is 1. The number of amides is 2. The van der Waals surface area contributed by atoms with Crippen LogP contribution in [0.15, 0.2) is 53.6 Å². The van der Waals surface area contributed by atoms with Crippen molar-refractivity contribution in [3.05, 3.63) is 70.5 Å². The first-order valence-corrected chi connectivity index (χ1v) is 13.0. The van der Waals surface area contributed by atoms with Gasteiger partial charge in [-0.25, -0.2) is 29.4 Å². The number of hydrogen-bond donors (Lipinski definition) is 4. The molecule has 3 aromatic rings. The number of nitrogens with zero attached hydrogens (tertiary/aromatic N) is 4. The van der Waals surface area contributed by atoms with E-state index in [9.17, 15) is 24.3 Å². The highest BCUT2D eigenvalue weighted by molar-refractivity contribution is 5.87. The fraction of sp³-hybridized carbons (Fsp3) is 0.407. The number of ether oxygens (including phenoxy) is 2. The summed E-state index contributed by atoms with van der Waals surface area (Å²) in [5.41, 5.74) is -0.808. The van der Waals surface area contributed by atoms with Crippen molar-refractivity contribution in [1.29, 1.82) is 0 Å². The lowest BCUT2D eigenvalue weighted by Crippen LogP contribution is -2.56. The Hall–Kier alpha value is -4.88. The Morgan fingerprint density at radius 3 is 2.44 bits per heavy atom. The third kappa shape index (κ3) is 9.37. The van der Waals surface area contributed by atoms with Crippen LogP contribution in [-0.4, -0.2) is 67.4 Å². The van der Waals surface area contributed by atoms with Crippen molar-refractivity contribution in [1.82, 2.24) is 24.9 Å². The zero-order chi connectivity index (χ0) is 30.0. The summed E-state index contributed by atoms with van der Waals surface area (Å²) in [6, 6.07) is 9.18. The van der Waals surface area contributed by atoms with Crippen molar-refractivity contribution in [3.8, 4) is 5.88 Å². The maximum absolute atomic E-state index is 13.0. The monoisotopic (exact) mass is 569 g/mol. The number of aromatic amines is 1. The van der Waals surface area contributed by atoms with Crippen LogP contribution in [0.25, 0.3) is 0 Å². The van der Waals surface area contributed by atoms with Gasteiger partial charge in [-0.3, -0.25) is 4.79 Å². The van der Waals surface area contributed by atoms with Gasteiger partial charge in [-0.15, -0.1) is 0 Å². The van der Waals surface area contributed by atoms with E-state index in [1.54, 1.807) is 63.5 Å². The molecule has 1 atom stereocenters.